The van der Waals surface area contributed by atoms with Gasteiger partial charge in [0.2, 0.25) is 0 Å². The van der Waals surface area contributed by atoms with Crippen LogP contribution in [0, 0.1) is 0 Å². The van der Waals surface area contributed by atoms with Gasteiger partial charge in [-0.2, -0.15) is 0 Å². The Kier molecular flexibility index (Phi) is 5.07. The number of hydrogen-bond donors (Lipinski definition) is 1. The summed E-state index contributed by atoms with van der Waals surface area (Å²) in [6.07, 6.45) is 5.12. The van der Waals surface area contributed by atoms with Crippen LogP contribution in [0.1, 0.15) is 31.2 Å². The average Bonchev–Trinajstić information content (AvgIpc) is 2.92. The highest BCUT2D eigenvalue weighted by Gasteiger charge is 2.39. The lowest BCUT2D eigenvalue weighted by Crippen LogP contribution is -2.42. The Morgan fingerprint density at radius 3 is 2.52 bits per heavy atom. The van der Waals surface area contributed by atoms with E-state index in [1.54, 1.807) is 6.07 Å². The number of hydrogen-bond acceptors (Lipinski definition) is 3. The predicted octanol–water partition coefficient (Wildman–Crippen LogP) is 3.81. The van der Waals surface area contributed by atoms with Gasteiger partial charge in [0.1, 0.15) is 0 Å². The molecular weight excluding hydrogens is 309 g/mol. The second-order valence-corrected chi connectivity index (χ2v) is 6.67. The summed E-state index contributed by atoms with van der Waals surface area (Å²) < 4.78 is 11.5. The van der Waals surface area contributed by atoms with E-state index in [1.807, 2.05) is 12.1 Å². The van der Waals surface area contributed by atoms with Crippen LogP contribution in [0.2, 0.25) is 10.0 Å². The molecule has 1 N–H and O–H groups in total. The van der Waals surface area contributed by atoms with Gasteiger partial charge in [0.25, 0.3) is 0 Å². The van der Waals surface area contributed by atoms with Crippen LogP contribution >= 0.6 is 23.2 Å². The summed E-state index contributed by atoms with van der Waals surface area (Å²) in [5.74, 6) is -0.266. The van der Waals surface area contributed by atoms with Crippen molar-refractivity contribution in [2.45, 2.75) is 43.9 Å². The largest absolute Gasteiger partial charge is 0.348 e. The minimum absolute atomic E-state index is 0.266. The fourth-order valence-electron chi connectivity index (χ4n) is 3.18. The summed E-state index contributed by atoms with van der Waals surface area (Å²) in [4.78, 5) is 0. The van der Waals surface area contributed by atoms with E-state index in [1.165, 1.54) is 0 Å². The second-order valence-electron chi connectivity index (χ2n) is 5.82. The van der Waals surface area contributed by atoms with Gasteiger partial charge in [0, 0.05) is 28.9 Å². The molecule has 2 aliphatic rings. The molecule has 1 aromatic carbocycles. The third kappa shape index (κ3) is 3.91. The van der Waals surface area contributed by atoms with Crippen molar-refractivity contribution in [1.82, 2.24) is 5.32 Å². The van der Waals surface area contributed by atoms with Gasteiger partial charge in [0.15, 0.2) is 5.79 Å². The molecule has 0 amide bonds. The average molecular weight is 330 g/mol. The van der Waals surface area contributed by atoms with Crippen LogP contribution in [0.3, 0.4) is 0 Å². The van der Waals surface area contributed by atoms with Gasteiger partial charge >= 0.3 is 0 Å². The number of ether oxygens (including phenoxy) is 2. The van der Waals surface area contributed by atoms with Gasteiger partial charge < -0.3 is 14.8 Å². The number of rotatable bonds is 4. The van der Waals surface area contributed by atoms with Crippen LogP contribution in [-0.2, 0) is 15.9 Å². The smallest absolute Gasteiger partial charge is 0.168 e. The molecule has 116 valence electrons. The molecular formula is C16H21Cl2NO2. The molecule has 3 nitrogen and oxygen atoms in total. The van der Waals surface area contributed by atoms with Crippen LogP contribution < -0.4 is 5.32 Å². The Balaban J connectivity index is 1.42. The first-order valence-electron chi connectivity index (χ1n) is 7.62. The summed E-state index contributed by atoms with van der Waals surface area (Å²) in [6, 6.07) is 6.25. The lowest BCUT2D eigenvalue weighted by molar-refractivity contribution is -0.179. The van der Waals surface area contributed by atoms with Crippen LogP contribution in [-0.4, -0.2) is 31.6 Å². The molecule has 0 atom stereocenters. The van der Waals surface area contributed by atoms with Crippen molar-refractivity contribution >= 4 is 23.2 Å². The van der Waals surface area contributed by atoms with Gasteiger partial charge in [-0.15, -0.1) is 0 Å². The Bertz CT molecular complexity index is 479. The first-order chi connectivity index (χ1) is 10.2. The molecule has 1 saturated carbocycles. The molecule has 1 spiro atoms. The molecule has 0 aromatic heterocycles. The van der Waals surface area contributed by atoms with Crippen LogP contribution in [0.15, 0.2) is 18.2 Å². The highest BCUT2D eigenvalue weighted by molar-refractivity contribution is 6.35. The fourth-order valence-corrected chi connectivity index (χ4v) is 3.69. The molecule has 0 unspecified atom stereocenters. The monoisotopic (exact) mass is 329 g/mol. The normalized spacial score (nSPS) is 22.0. The molecule has 5 heteroatoms. The molecule has 3 rings (SSSR count). The van der Waals surface area contributed by atoms with Crippen molar-refractivity contribution in [3.8, 4) is 0 Å². The van der Waals surface area contributed by atoms with Crippen molar-refractivity contribution in [1.29, 1.82) is 0 Å². The van der Waals surface area contributed by atoms with E-state index in [2.05, 4.69) is 5.32 Å². The van der Waals surface area contributed by atoms with E-state index in [0.29, 0.717) is 11.1 Å². The molecule has 21 heavy (non-hydrogen) atoms. The van der Waals surface area contributed by atoms with E-state index >= 15 is 0 Å². The summed E-state index contributed by atoms with van der Waals surface area (Å²) in [6.45, 7) is 2.42. The summed E-state index contributed by atoms with van der Waals surface area (Å²) in [5.41, 5.74) is 1.14. The van der Waals surface area contributed by atoms with Crippen LogP contribution in [0.4, 0.5) is 0 Å². The third-order valence-electron chi connectivity index (χ3n) is 4.40. The van der Waals surface area contributed by atoms with Crippen molar-refractivity contribution in [2.24, 2.45) is 0 Å². The van der Waals surface area contributed by atoms with Crippen molar-refractivity contribution in [3.63, 3.8) is 0 Å². The van der Waals surface area contributed by atoms with Gasteiger partial charge in [-0.25, -0.2) is 0 Å². The van der Waals surface area contributed by atoms with Gasteiger partial charge in [-0.05, 0) is 43.5 Å². The Morgan fingerprint density at radius 1 is 1.14 bits per heavy atom. The minimum atomic E-state index is -0.266. The highest BCUT2D eigenvalue weighted by atomic mass is 35.5. The zero-order valence-corrected chi connectivity index (χ0v) is 13.6. The molecule has 2 fully saturated rings. The van der Waals surface area contributed by atoms with E-state index < -0.39 is 0 Å². The molecule has 0 bridgehead atoms. The lowest BCUT2D eigenvalue weighted by atomic mass is 9.90. The Morgan fingerprint density at radius 2 is 1.86 bits per heavy atom. The maximum atomic E-state index is 6.19. The molecule has 0 radical (unpaired) electrons. The maximum absolute atomic E-state index is 6.19. The zero-order valence-electron chi connectivity index (χ0n) is 12.0. The summed E-state index contributed by atoms with van der Waals surface area (Å²) >= 11 is 12.1. The van der Waals surface area contributed by atoms with Gasteiger partial charge in [-0.3, -0.25) is 0 Å². The second kappa shape index (κ2) is 6.84. The quantitative estimate of drug-likeness (QED) is 0.911. The third-order valence-corrected chi connectivity index (χ3v) is 4.99. The van der Waals surface area contributed by atoms with E-state index in [9.17, 15) is 0 Å². The molecule has 1 heterocycles. The summed E-state index contributed by atoms with van der Waals surface area (Å²) in [7, 11) is 0. The fraction of sp³-hybridized carbons (Fsp3) is 0.625. The molecule has 1 aliphatic heterocycles. The van der Waals surface area contributed by atoms with E-state index in [-0.39, 0.29) is 5.79 Å². The Hall–Kier alpha value is -0.320. The number of halogens is 2. The van der Waals surface area contributed by atoms with Crippen LogP contribution in [0.25, 0.3) is 0 Å². The summed E-state index contributed by atoms with van der Waals surface area (Å²) in [5, 5.41) is 5.05. The molecule has 1 saturated heterocycles. The van der Waals surface area contributed by atoms with Gasteiger partial charge in [0.05, 0.1) is 13.2 Å². The number of benzene rings is 1. The standard InChI is InChI=1S/C16H21Cl2NO2/c17-13-2-1-12(15(18)11-13)5-8-19-14-3-6-16(7-4-14)20-9-10-21-16/h1-2,11,14,19H,3-10H2. The molecule has 1 aliphatic carbocycles. The first kappa shape index (κ1) is 15.6. The van der Waals surface area contributed by atoms with Gasteiger partial charge in [-0.1, -0.05) is 29.3 Å². The SMILES string of the molecule is Clc1ccc(CCNC2CCC3(CC2)OCCO3)c(Cl)c1. The lowest BCUT2D eigenvalue weighted by Gasteiger charge is -2.35. The first-order valence-corrected chi connectivity index (χ1v) is 8.38. The number of nitrogens with one attached hydrogen (secondary N) is 1. The van der Waals surface area contributed by atoms with E-state index in [4.69, 9.17) is 32.7 Å². The maximum Gasteiger partial charge on any atom is 0.168 e. The predicted molar refractivity (Wildman–Crippen MR) is 85.1 cm³/mol. The topological polar surface area (TPSA) is 30.5 Å². The van der Waals surface area contributed by atoms with Crippen molar-refractivity contribution in [3.05, 3.63) is 33.8 Å². The van der Waals surface area contributed by atoms with Crippen molar-refractivity contribution in [2.75, 3.05) is 19.8 Å². The van der Waals surface area contributed by atoms with E-state index in [0.717, 1.165) is 62.4 Å². The minimum Gasteiger partial charge on any atom is -0.348 e. The highest BCUT2D eigenvalue weighted by Crippen LogP contribution is 2.35. The molecule has 1 aromatic rings. The Labute approximate surface area is 135 Å². The van der Waals surface area contributed by atoms with Crippen LogP contribution in [0.5, 0.6) is 0 Å². The zero-order chi connectivity index (χ0) is 14.7. The van der Waals surface area contributed by atoms with Crippen molar-refractivity contribution < 1.29 is 9.47 Å².